The topological polar surface area (TPSA) is 120 Å². The number of Topliss-reactive ketones (excluding diaryl/α,β-unsaturated/α-hetero) is 1. The van der Waals surface area contributed by atoms with Gasteiger partial charge >= 0.3 is 11.9 Å². The monoisotopic (exact) mass is 1060 g/mol. The number of phenolic OH excluding ortho intramolecular Hbond substituents is 1. The zero-order valence-corrected chi connectivity index (χ0v) is 48.9. The van der Waals surface area contributed by atoms with Crippen molar-refractivity contribution in [1.29, 1.82) is 0 Å². The van der Waals surface area contributed by atoms with Crippen LogP contribution in [0.2, 0.25) is 0 Å². The summed E-state index contributed by atoms with van der Waals surface area (Å²) in [6.45, 7) is 6.75. The van der Waals surface area contributed by atoms with Crippen molar-refractivity contribution < 1.29 is 33.4 Å². The molecule has 1 aromatic heterocycles. The van der Waals surface area contributed by atoms with E-state index in [4.69, 9.17) is 13.9 Å². The maximum absolute atomic E-state index is 14.8. The quantitative estimate of drug-likeness (QED) is 0.0195. The highest BCUT2D eigenvalue weighted by atomic mass is 16.5. The first kappa shape index (κ1) is 66.6. The molecule has 0 aliphatic heterocycles. The van der Waals surface area contributed by atoms with Gasteiger partial charge in [0.2, 0.25) is 11.2 Å². The molecule has 0 saturated heterocycles. The number of ether oxygens (including phenoxy) is 2. The number of allylic oxidation sites excluding steroid dienone is 6. The lowest BCUT2D eigenvalue weighted by atomic mass is 9.98. The number of carbonyl (C=O) groups excluding carboxylic acids is 3. The lowest BCUT2D eigenvalue weighted by Crippen LogP contribution is -2.19. The fourth-order valence-electron chi connectivity index (χ4n) is 10.0. The minimum atomic E-state index is -0.748. The predicted molar refractivity (Wildman–Crippen MR) is 324 cm³/mol. The van der Waals surface area contributed by atoms with Gasteiger partial charge in [-0.3, -0.25) is 19.2 Å². The third-order valence-corrected chi connectivity index (χ3v) is 14.8. The number of esters is 2. The smallest absolute Gasteiger partial charge is 0.311 e. The van der Waals surface area contributed by atoms with E-state index in [-0.39, 0.29) is 53.1 Å². The largest absolute Gasteiger partial charge is 0.507 e. The van der Waals surface area contributed by atoms with Crippen molar-refractivity contribution in [2.24, 2.45) is 0 Å². The first-order valence-corrected chi connectivity index (χ1v) is 31.6. The molecule has 3 rings (SSSR count). The normalized spacial score (nSPS) is 11.8. The standard InChI is InChI=1S/C69H106O8/c1-4-7-10-13-16-19-22-25-28-31-34-37-40-43-49-54-59(70)64-60(71)57-61-65(68(64)76-62(72)55-50-44-41-38-35-32-29-26-23-20-17-14-11-8-5-2)66(74)69(67(75-61)58-52-47-46-48-53-58)77-63(73)56-51-45-42-39-36-33-30-27-24-21-18-15-12-9-6-3/h25-30,46-48,52-53,57,71H,4-24,31-45,49-51,54-56H2,1-3H3. The van der Waals surface area contributed by atoms with E-state index >= 15 is 0 Å². The van der Waals surface area contributed by atoms with Crippen molar-refractivity contribution in [2.45, 2.75) is 290 Å². The van der Waals surface area contributed by atoms with Crippen LogP contribution in [0.1, 0.15) is 301 Å². The van der Waals surface area contributed by atoms with Gasteiger partial charge in [-0.1, -0.05) is 242 Å². The maximum Gasteiger partial charge on any atom is 0.311 e. The lowest BCUT2D eigenvalue weighted by molar-refractivity contribution is -0.135. The van der Waals surface area contributed by atoms with E-state index in [1.165, 1.54) is 122 Å². The Morgan fingerprint density at radius 3 is 1.17 bits per heavy atom. The van der Waals surface area contributed by atoms with Crippen molar-refractivity contribution in [3.63, 3.8) is 0 Å². The zero-order chi connectivity index (χ0) is 55.2. The molecular formula is C69H106O8. The van der Waals surface area contributed by atoms with Gasteiger partial charge in [0.25, 0.3) is 0 Å². The average Bonchev–Trinajstić information content (AvgIpc) is 3.45. The summed E-state index contributed by atoms with van der Waals surface area (Å²) < 4.78 is 18.3. The Balaban J connectivity index is 1.69. The van der Waals surface area contributed by atoms with Crippen LogP contribution in [-0.4, -0.2) is 22.8 Å². The van der Waals surface area contributed by atoms with Crippen LogP contribution in [0.4, 0.5) is 0 Å². The fraction of sp³-hybridized carbons (Fsp3) is 0.652. The van der Waals surface area contributed by atoms with Gasteiger partial charge in [0.1, 0.15) is 22.3 Å². The summed E-state index contributed by atoms with van der Waals surface area (Å²) in [5.41, 5.74) is -0.565. The molecule has 77 heavy (non-hydrogen) atoms. The van der Waals surface area contributed by atoms with Crippen molar-refractivity contribution >= 4 is 28.7 Å². The molecule has 3 aromatic rings. The van der Waals surface area contributed by atoms with Gasteiger partial charge in [0, 0.05) is 30.9 Å². The highest BCUT2D eigenvalue weighted by Crippen LogP contribution is 2.41. The first-order chi connectivity index (χ1) is 37.8. The van der Waals surface area contributed by atoms with Gasteiger partial charge < -0.3 is 19.0 Å². The van der Waals surface area contributed by atoms with Gasteiger partial charge in [0.05, 0.1) is 0 Å². The van der Waals surface area contributed by atoms with E-state index in [9.17, 15) is 24.3 Å². The second-order valence-electron chi connectivity index (χ2n) is 21.8. The van der Waals surface area contributed by atoms with E-state index < -0.39 is 28.9 Å². The zero-order valence-electron chi connectivity index (χ0n) is 48.9. The van der Waals surface area contributed by atoms with Crippen molar-refractivity contribution in [3.8, 4) is 28.6 Å². The molecule has 0 aliphatic rings. The van der Waals surface area contributed by atoms with Gasteiger partial charge in [-0.25, -0.2) is 0 Å². The minimum absolute atomic E-state index is 0.0124. The Morgan fingerprint density at radius 1 is 0.442 bits per heavy atom. The number of aromatic hydroxyl groups is 1. The fourth-order valence-corrected chi connectivity index (χ4v) is 10.0. The molecule has 0 saturated carbocycles. The molecule has 0 spiro atoms. The Hall–Kier alpha value is -4.72. The van der Waals surface area contributed by atoms with Gasteiger partial charge in [-0.15, -0.1) is 0 Å². The second-order valence-corrected chi connectivity index (χ2v) is 21.8. The number of benzene rings is 2. The Morgan fingerprint density at radius 2 is 0.779 bits per heavy atom. The molecule has 0 atom stereocenters. The maximum atomic E-state index is 14.8. The molecule has 1 heterocycles. The number of fused-ring (bicyclic) bond motifs is 1. The summed E-state index contributed by atoms with van der Waals surface area (Å²) in [4.78, 5) is 56.3. The van der Waals surface area contributed by atoms with E-state index in [0.29, 0.717) is 24.8 Å². The highest BCUT2D eigenvalue weighted by molar-refractivity contribution is 6.08. The molecular weight excluding hydrogens is 957 g/mol. The number of phenols is 1. The molecule has 0 aliphatic carbocycles. The van der Waals surface area contributed by atoms with Gasteiger partial charge in [-0.2, -0.15) is 0 Å². The summed E-state index contributed by atoms with van der Waals surface area (Å²) in [6.07, 6.45) is 58.0. The van der Waals surface area contributed by atoms with Crippen LogP contribution in [0.5, 0.6) is 17.2 Å². The molecule has 8 nitrogen and oxygen atoms in total. The average molecular weight is 1060 g/mol. The van der Waals surface area contributed by atoms with Crippen LogP contribution in [0.15, 0.2) is 82.1 Å². The SMILES string of the molecule is CCCCCCCCC=CCCCCCCCC(=O)Oc1c(-c2ccccc2)oc2cc(O)c(C(=O)CCCCCCCC=CCCCCCCCC)c(OC(=O)CCCCCCCC=CCCCCCCCC)c2c1=O. The molecule has 0 unspecified atom stereocenters. The van der Waals surface area contributed by atoms with Crippen LogP contribution >= 0.6 is 0 Å². The molecule has 8 heteroatoms. The van der Waals surface area contributed by atoms with Gasteiger partial charge in [0.15, 0.2) is 17.3 Å². The Kier molecular flexibility index (Phi) is 39.1. The van der Waals surface area contributed by atoms with E-state index in [2.05, 4.69) is 57.2 Å². The Labute approximate surface area is 467 Å². The predicted octanol–water partition coefficient (Wildman–Crippen LogP) is 21.3. The van der Waals surface area contributed by atoms with Crippen LogP contribution < -0.4 is 14.9 Å². The molecule has 0 bridgehead atoms. The van der Waals surface area contributed by atoms with E-state index in [0.717, 1.165) is 116 Å². The minimum Gasteiger partial charge on any atom is -0.507 e. The van der Waals surface area contributed by atoms with Crippen LogP contribution in [0, 0.1) is 0 Å². The summed E-state index contributed by atoms with van der Waals surface area (Å²) >= 11 is 0. The number of rotatable bonds is 49. The van der Waals surface area contributed by atoms with Crippen LogP contribution in [0.25, 0.3) is 22.3 Å². The first-order valence-electron chi connectivity index (χ1n) is 31.6. The summed E-state index contributed by atoms with van der Waals surface area (Å²) in [6, 6.07) is 10.1. The van der Waals surface area contributed by atoms with Crippen molar-refractivity contribution in [2.75, 3.05) is 0 Å². The number of ketones is 1. The van der Waals surface area contributed by atoms with Crippen LogP contribution in [0.3, 0.4) is 0 Å². The highest BCUT2D eigenvalue weighted by Gasteiger charge is 2.30. The molecule has 0 fully saturated rings. The van der Waals surface area contributed by atoms with Gasteiger partial charge in [-0.05, 0) is 96.3 Å². The molecule has 0 amide bonds. The summed E-state index contributed by atoms with van der Waals surface area (Å²) in [7, 11) is 0. The number of hydrogen-bond acceptors (Lipinski definition) is 8. The molecule has 430 valence electrons. The summed E-state index contributed by atoms with van der Waals surface area (Å²) in [5.74, 6) is -2.71. The third kappa shape index (κ3) is 30.3. The molecule has 2 aromatic carbocycles. The summed E-state index contributed by atoms with van der Waals surface area (Å²) in [5, 5.41) is 11.4. The Bertz CT molecular complexity index is 2160. The van der Waals surface area contributed by atoms with E-state index in [1.54, 1.807) is 24.3 Å². The van der Waals surface area contributed by atoms with Crippen molar-refractivity contribution in [1.82, 2.24) is 0 Å². The lowest BCUT2D eigenvalue weighted by Gasteiger charge is -2.16. The second kappa shape index (κ2) is 45.2. The van der Waals surface area contributed by atoms with Crippen LogP contribution in [-0.2, 0) is 9.59 Å². The number of unbranched alkanes of at least 4 members (excludes halogenated alkanes) is 33. The van der Waals surface area contributed by atoms with Crippen molar-refractivity contribution in [3.05, 3.63) is 88.6 Å². The number of carbonyl (C=O) groups is 3. The number of hydrogen-bond donors (Lipinski definition) is 1. The third-order valence-electron chi connectivity index (χ3n) is 14.8. The molecule has 0 radical (unpaired) electrons. The molecule has 1 N–H and O–H groups in total. The van der Waals surface area contributed by atoms with E-state index in [1.807, 2.05) is 6.07 Å².